The summed E-state index contributed by atoms with van der Waals surface area (Å²) in [7, 11) is 0. The van der Waals surface area contributed by atoms with Crippen LogP contribution in [0.15, 0.2) is 18.2 Å². The number of aromatic nitrogens is 1. The molecule has 1 heterocycles. The van der Waals surface area contributed by atoms with Gasteiger partial charge in [0.05, 0.1) is 0 Å². The van der Waals surface area contributed by atoms with E-state index >= 15 is 0 Å². The van der Waals surface area contributed by atoms with Gasteiger partial charge in [-0.3, -0.25) is 4.98 Å². The Labute approximate surface area is 75.2 Å². The first-order chi connectivity index (χ1) is 6.09. The summed E-state index contributed by atoms with van der Waals surface area (Å²) in [6, 6.07) is 5.12. The standard InChI is InChI=1S/C9H10FNO2/c1-6-3-2-4-7(11-6)5-8(10)9(12)13/h2-4,8H,5H2,1H3,(H,12,13). The molecule has 1 atom stereocenters. The molecule has 1 rings (SSSR count). The zero-order chi connectivity index (χ0) is 9.84. The van der Waals surface area contributed by atoms with Crippen molar-refractivity contribution in [1.82, 2.24) is 4.98 Å². The van der Waals surface area contributed by atoms with E-state index in [0.29, 0.717) is 5.69 Å². The fourth-order valence-electron chi connectivity index (χ4n) is 0.984. The average molecular weight is 183 g/mol. The average Bonchev–Trinajstić information content (AvgIpc) is 2.04. The third-order valence-corrected chi connectivity index (χ3v) is 1.60. The quantitative estimate of drug-likeness (QED) is 0.769. The monoisotopic (exact) mass is 183 g/mol. The molecule has 0 bridgehead atoms. The molecule has 1 unspecified atom stereocenters. The van der Waals surface area contributed by atoms with Gasteiger partial charge >= 0.3 is 5.97 Å². The van der Waals surface area contributed by atoms with Crippen molar-refractivity contribution in [2.75, 3.05) is 0 Å². The molecule has 70 valence electrons. The lowest BCUT2D eigenvalue weighted by molar-refractivity contribution is -0.142. The highest BCUT2D eigenvalue weighted by Crippen LogP contribution is 2.04. The van der Waals surface area contributed by atoms with Crippen LogP contribution in [0.3, 0.4) is 0 Å². The molecular formula is C9H10FNO2. The van der Waals surface area contributed by atoms with Gasteiger partial charge in [-0.2, -0.15) is 0 Å². The van der Waals surface area contributed by atoms with Crippen molar-refractivity contribution >= 4 is 5.97 Å². The molecule has 0 fully saturated rings. The Hall–Kier alpha value is -1.45. The van der Waals surface area contributed by atoms with Crippen LogP contribution in [-0.2, 0) is 11.2 Å². The number of hydrogen-bond donors (Lipinski definition) is 1. The highest BCUT2D eigenvalue weighted by molar-refractivity contribution is 5.72. The van der Waals surface area contributed by atoms with E-state index in [1.165, 1.54) is 0 Å². The van der Waals surface area contributed by atoms with Gasteiger partial charge in [0.25, 0.3) is 0 Å². The Balaban J connectivity index is 2.69. The van der Waals surface area contributed by atoms with Gasteiger partial charge in [0.1, 0.15) is 0 Å². The summed E-state index contributed by atoms with van der Waals surface area (Å²) in [5, 5.41) is 8.31. The largest absolute Gasteiger partial charge is 0.479 e. The fraction of sp³-hybridized carbons (Fsp3) is 0.333. The second-order valence-electron chi connectivity index (χ2n) is 2.78. The Kier molecular flexibility index (Phi) is 2.95. The highest BCUT2D eigenvalue weighted by atomic mass is 19.1. The maximum absolute atomic E-state index is 12.7. The first-order valence-corrected chi connectivity index (χ1v) is 3.89. The fourth-order valence-corrected chi connectivity index (χ4v) is 0.984. The van der Waals surface area contributed by atoms with E-state index in [0.717, 1.165) is 5.69 Å². The number of alkyl halides is 1. The molecule has 13 heavy (non-hydrogen) atoms. The molecule has 0 aromatic carbocycles. The zero-order valence-corrected chi connectivity index (χ0v) is 7.20. The second-order valence-corrected chi connectivity index (χ2v) is 2.78. The van der Waals surface area contributed by atoms with Crippen LogP contribution in [0, 0.1) is 6.92 Å². The maximum atomic E-state index is 12.7. The summed E-state index contributed by atoms with van der Waals surface area (Å²) < 4.78 is 12.7. The van der Waals surface area contributed by atoms with Gasteiger partial charge in [0.2, 0.25) is 6.17 Å². The number of nitrogens with zero attached hydrogens (tertiary/aromatic N) is 1. The van der Waals surface area contributed by atoms with Crippen LogP contribution < -0.4 is 0 Å². The topological polar surface area (TPSA) is 50.2 Å². The Bertz CT molecular complexity index is 314. The summed E-state index contributed by atoms with van der Waals surface area (Å²) in [5.74, 6) is -1.44. The van der Waals surface area contributed by atoms with Crippen LogP contribution in [0.5, 0.6) is 0 Å². The lowest BCUT2D eigenvalue weighted by atomic mass is 10.2. The van der Waals surface area contributed by atoms with Crippen LogP contribution in [-0.4, -0.2) is 22.2 Å². The van der Waals surface area contributed by atoms with E-state index in [1.807, 2.05) is 0 Å². The SMILES string of the molecule is Cc1cccc(CC(F)C(=O)O)n1. The summed E-state index contributed by atoms with van der Waals surface area (Å²) >= 11 is 0. The summed E-state index contributed by atoms with van der Waals surface area (Å²) in [6.07, 6.45) is -2.04. The number of carboxylic acid groups (broad SMARTS) is 1. The number of pyridine rings is 1. The Morgan fingerprint density at radius 2 is 2.38 bits per heavy atom. The van der Waals surface area contributed by atoms with E-state index in [-0.39, 0.29) is 6.42 Å². The molecule has 0 amide bonds. The highest BCUT2D eigenvalue weighted by Gasteiger charge is 2.16. The molecular weight excluding hydrogens is 173 g/mol. The number of halogens is 1. The molecule has 1 aromatic heterocycles. The minimum atomic E-state index is -1.87. The number of carboxylic acids is 1. The zero-order valence-electron chi connectivity index (χ0n) is 7.20. The van der Waals surface area contributed by atoms with Crippen molar-refractivity contribution < 1.29 is 14.3 Å². The molecule has 3 nitrogen and oxygen atoms in total. The maximum Gasteiger partial charge on any atom is 0.338 e. The minimum Gasteiger partial charge on any atom is -0.479 e. The van der Waals surface area contributed by atoms with Gasteiger partial charge in [0, 0.05) is 17.8 Å². The number of aliphatic carboxylic acids is 1. The van der Waals surface area contributed by atoms with Gasteiger partial charge in [0.15, 0.2) is 0 Å². The Morgan fingerprint density at radius 1 is 1.69 bits per heavy atom. The normalized spacial score (nSPS) is 12.5. The van der Waals surface area contributed by atoms with Crippen LogP contribution in [0.25, 0.3) is 0 Å². The van der Waals surface area contributed by atoms with Gasteiger partial charge in [-0.05, 0) is 19.1 Å². The van der Waals surface area contributed by atoms with Crippen molar-refractivity contribution in [3.63, 3.8) is 0 Å². The first-order valence-electron chi connectivity index (χ1n) is 3.89. The smallest absolute Gasteiger partial charge is 0.338 e. The van der Waals surface area contributed by atoms with Crippen LogP contribution in [0.1, 0.15) is 11.4 Å². The Morgan fingerprint density at radius 3 is 2.92 bits per heavy atom. The molecule has 0 aliphatic rings. The van der Waals surface area contributed by atoms with E-state index in [9.17, 15) is 9.18 Å². The minimum absolute atomic E-state index is 0.170. The lowest BCUT2D eigenvalue weighted by Crippen LogP contribution is -2.17. The molecule has 0 aliphatic heterocycles. The van der Waals surface area contributed by atoms with Crippen molar-refractivity contribution in [3.05, 3.63) is 29.6 Å². The summed E-state index contributed by atoms with van der Waals surface area (Å²) in [5.41, 5.74) is 1.23. The van der Waals surface area contributed by atoms with Crippen molar-refractivity contribution in [2.45, 2.75) is 19.5 Å². The van der Waals surface area contributed by atoms with E-state index in [1.54, 1.807) is 25.1 Å². The molecule has 0 spiro atoms. The van der Waals surface area contributed by atoms with E-state index in [2.05, 4.69) is 4.98 Å². The molecule has 1 N–H and O–H groups in total. The van der Waals surface area contributed by atoms with Crippen LogP contribution in [0.2, 0.25) is 0 Å². The predicted octanol–water partition coefficient (Wildman–Crippen LogP) is 1.36. The first kappa shape index (κ1) is 9.64. The van der Waals surface area contributed by atoms with Gasteiger partial charge in [-0.1, -0.05) is 6.07 Å². The van der Waals surface area contributed by atoms with Gasteiger partial charge in [-0.25, -0.2) is 9.18 Å². The van der Waals surface area contributed by atoms with Gasteiger partial charge < -0.3 is 5.11 Å². The predicted molar refractivity (Wildman–Crippen MR) is 45.2 cm³/mol. The molecule has 4 heteroatoms. The van der Waals surface area contributed by atoms with Crippen LogP contribution in [0.4, 0.5) is 4.39 Å². The van der Waals surface area contributed by atoms with Crippen molar-refractivity contribution in [3.8, 4) is 0 Å². The second kappa shape index (κ2) is 3.98. The van der Waals surface area contributed by atoms with Crippen LogP contribution >= 0.6 is 0 Å². The molecule has 0 saturated heterocycles. The number of rotatable bonds is 3. The van der Waals surface area contributed by atoms with E-state index in [4.69, 9.17) is 5.11 Å². The summed E-state index contributed by atoms with van der Waals surface area (Å²) in [4.78, 5) is 14.2. The van der Waals surface area contributed by atoms with E-state index < -0.39 is 12.1 Å². The third kappa shape index (κ3) is 2.82. The lowest BCUT2D eigenvalue weighted by Gasteiger charge is -2.02. The summed E-state index contributed by atoms with van der Waals surface area (Å²) in [6.45, 7) is 1.78. The molecule has 0 saturated carbocycles. The van der Waals surface area contributed by atoms with Gasteiger partial charge in [-0.15, -0.1) is 0 Å². The number of hydrogen-bond acceptors (Lipinski definition) is 2. The van der Waals surface area contributed by atoms with Crippen molar-refractivity contribution in [2.24, 2.45) is 0 Å². The number of aryl methyl sites for hydroxylation is 1. The van der Waals surface area contributed by atoms with Crippen molar-refractivity contribution in [1.29, 1.82) is 0 Å². The number of carbonyl (C=O) groups is 1. The molecule has 0 radical (unpaired) electrons. The third-order valence-electron chi connectivity index (χ3n) is 1.60. The molecule has 0 aliphatic carbocycles. The molecule has 1 aromatic rings.